The first kappa shape index (κ1) is 14.0. The van der Waals surface area contributed by atoms with Crippen molar-refractivity contribution in [2.45, 2.75) is 19.0 Å². The molecule has 0 aliphatic carbocycles. The van der Waals surface area contributed by atoms with Gasteiger partial charge in [-0.3, -0.25) is 4.90 Å². The number of hydrogen-bond donors (Lipinski definition) is 0. The van der Waals surface area contributed by atoms with Gasteiger partial charge in [0.15, 0.2) is 0 Å². The standard InChI is InChI=1S/C17H18N6/c1-2-4-14(5-3-1)10-22-7-6-16(11-22)23-12-17(20-21-23)15-8-18-13-19-9-15/h1-5,8-9,12-13,16H,6-7,10-11H2/t16-/m0/s1. The van der Waals surface area contributed by atoms with Gasteiger partial charge >= 0.3 is 0 Å². The van der Waals surface area contributed by atoms with Crippen LogP contribution in [0.25, 0.3) is 11.3 Å². The van der Waals surface area contributed by atoms with Gasteiger partial charge in [0.25, 0.3) is 0 Å². The lowest BCUT2D eigenvalue weighted by molar-refractivity contribution is 0.310. The fourth-order valence-electron chi connectivity index (χ4n) is 3.03. The van der Waals surface area contributed by atoms with E-state index in [1.807, 2.05) is 10.9 Å². The van der Waals surface area contributed by atoms with Crippen molar-refractivity contribution in [2.75, 3.05) is 13.1 Å². The second-order valence-electron chi connectivity index (χ2n) is 5.87. The van der Waals surface area contributed by atoms with Crippen LogP contribution >= 0.6 is 0 Å². The lowest BCUT2D eigenvalue weighted by Gasteiger charge is -2.15. The molecule has 3 heterocycles. The third-order valence-electron chi connectivity index (χ3n) is 4.24. The fraction of sp³-hybridized carbons (Fsp3) is 0.294. The summed E-state index contributed by atoms with van der Waals surface area (Å²) in [5.41, 5.74) is 3.08. The van der Waals surface area contributed by atoms with Crippen molar-refractivity contribution in [1.29, 1.82) is 0 Å². The van der Waals surface area contributed by atoms with Crippen molar-refractivity contribution in [3.05, 3.63) is 60.8 Å². The summed E-state index contributed by atoms with van der Waals surface area (Å²) in [6.07, 6.45) is 8.14. The minimum Gasteiger partial charge on any atom is -0.297 e. The van der Waals surface area contributed by atoms with Crippen molar-refractivity contribution in [3.8, 4) is 11.3 Å². The van der Waals surface area contributed by atoms with Crippen LogP contribution in [0.4, 0.5) is 0 Å². The summed E-state index contributed by atoms with van der Waals surface area (Å²) < 4.78 is 1.98. The maximum Gasteiger partial charge on any atom is 0.116 e. The Kier molecular flexibility index (Phi) is 3.81. The van der Waals surface area contributed by atoms with Gasteiger partial charge in [-0.05, 0) is 12.0 Å². The molecule has 1 aliphatic rings. The molecule has 1 aromatic carbocycles. The van der Waals surface area contributed by atoms with Crippen molar-refractivity contribution in [2.24, 2.45) is 0 Å². The number of likely N-dealkylation sites (tertiary alicyclic amines) is 1. The zero-order valence-electron chi connectivity index (χ0n) is 12.8. The Morgan fingerprint density at radius 2 is 1.91 bits per heavy atom. The van der Waals surface area contributed by atoms with Crippen LogP contribution in [-0.2, 0) is 6.54 Å². The van der Waals surface area contributed by atoms with E-state index in [1.165, 1.54) is 11.9 Å². The SMILES string of the molecule is c1ccc(CN2CC[C@H](n3cc(-c4cncnc4)nn3)C2)cc1. The first-order chi connectivity index (χ1) is 11.4. The lowest BCUT2D eigenvalue weighted by atomic mass is 10.2. The normalized spacial score (nSPS) is 18.3. The fourth-order valence-corrected chi connectivity index (χ4v) is 3.03. The van der Waals surface area contributed by atoms with Crippen LogP contribution in [0.5, 0.6) is 0 Å². The Labute approximate surface area is 134 Å². The van der Waals surface area contributed by atoms with E-state index < -0.39 is 0 Å². The third kappa shape index (κ3) is 3.12. The lowest BCUT2D eigenvalue weighted by Crippen LogP contribution is -2.21. The highest BCUT2D eigenvalue weighted by molar-refractivity contribution is 5.54. The molecule has 116 valence electrons. The van der Waals surface area contributed by atoms with E-state index in [1.54, 1.807) is 12.4 Å². The van der Waals surface area contributed by atoms with Crippen molar-refractivity contribution >= 4 is 0 Å². The summed E-state index contributed by atoms with van der Waals surface area (Å²) in [5.74, 6) is 0. The van der Waals surface area contributed by atoms with E-state index in [4.69, 9.17) is 0 Å². The predicted molar refractivity (Wildman–Crippen MR) is 86.4 cm³/mol. The highest BCUT2D eigenvalue weighted by Crippen LogP contribution is 2.24. The van der Waals surface area contributed by atoms with Crippen LogP contribution in [0, 0.1) is 0 Å². The molecule has 1 aliphatic heterocycles. The number of hydrogen-bond acceptors (Lipinski definition) is 5. The second-order valence-corrected chi connectivity index (χ2v) is 5.87. The van der Waals surface area contributed by atoms with Gasteiger partial charge < -0.3 is 0 Å². The molecule has 0 unspecified atom stereocenters. The van der Waals surface area contributed by atoms with Crippen LogP contribution in [0.15, 0.2) is 55.2 Å². The van der Waals surface area contributed by atoms with Crippen LogP contribution < -0.4 is 0 Å². The Morgan fingerprint density at radius 3 is 2.74 bits per heavy atom. The minimum absolute atomic E-state index is 0.379. The largest absolute Gasteiger partial charge is 0.297 e. The van der Waals surface area contributed by atoms with Crippen LogP contribution in [0.1, 0.15) is 18.0 Å². The molecule has 0 bridgehead atoms. The van der Waals surface area contributed by atoms with Crippen molar-refractivity contribution in [3.63, 3.8) is 0 Å². The molecule has 0 saturated carbocycles. The molecular weight excluding hydrogens is 288 g/mol. The van der Waals surface area contributed by atoms with Crippen LogP contribution in [-0.4, -0.2) is 43.0 Å². The number of benzene rings is 1. The van der Waals surface area contributed by atoms with E-state index >= 15 is 0 Å². The number of rotatable bonds is 4. The van der Waals surface area contributed by atoms with Gasteiger partial charge in [-0.1, -0.05) is 35.5 Å². The Balaban J connectivity index is 1.43. The van der Waals surface area contributed by atoms with Crippen LogP contribution in [0.2, 0.25) is 0 Å². The van der Waals surface area contributed by atoms with E-state index in [9.17, 15) is 0 Å². The van der Waals surface area contributed by atoms with Gasteiger partial charge in [-0.15, -0.1) is 5.10 Å². The maximum atomic E-state index is 4.30. The smallest absolute Gasteiger partial charge is 0.116 e. The predicted octanol–water partition coefficient (Wildman–Crippen LogP) is 2.18. The van der Waals surface area contributed by atoms with Gasteiger partial charge in [0.2, 0.25) is 0 Å². The van der Waals surface area contributed by atoms with Gasteiger partial charge in [0.05, 0.1) is 12.2 Å². The molecule has 0 N–H and O–H groups in total. The third-order valence-corrected chi connectivity index (χ3v) is 4.24. The molecular formula is C17H18N6. The quantitative estimate of drug-likeness (QED) is 0.739. The summed E-state index contributed by atoms with van der Waals surface area (Å²) in [6.45, 7) is 3.08. The number of aromatic nitrogens is 5. The Morgan fingerprint density at radius 1 is 1.09 bits per heavy atom. The van der Waals surface area contributed by atoms with E-state index in [-0.39, 0.29) is 0 Å². The maximum absolute atomic E-state index is 4.30. The minimum atomic E-state index is 0.379. The average molecular weight is 306 g/mol. The van der Waals surface area contributed by atoms with Crippen LogP contribution in [0.3, 0.4) is 0 Å². The van der Waals surface area contributed by atoms with E-state index in [0.29, 0.717) is 6.04 Å². The molecule has 1 atom stereocenters. The van der Waals surface area contributed by atoms with Crippen molar-refractivity contribution in [1.82, 2.24) is 29.9 Å². The topological polar surface area (TPSA) is 59.7 Å². The monoisotopic (exact) mass is 306 g/mol. The van der Waals surface area contributed by atoms with E-state index in [2.05, 4.69) is 55.5 Å². The molecule has 6 heteroatoms. The van der Waals surface area contributed by atoms with Gasteiger partial charge in [0, 0.05) is 37.6 Å². The van der Waals surface area contributed by atoms with Gasteiger partial charge in [-0.2, -0.15) is 0 Å². The summed E-state index contributed by atoms with van der Waals surface area (Å²) in [4.78, 5) is 10.5. The Hall–Kier alpha value is -2.60. The first-order valence-electron chi connectivity index (χ1n) is 7.82. The van der Waals surface area contributed by atoms with Gasteiger partial charge in [0.1, 0.15) is 12.0 Å². The molecule has 6 nitrogen and oxygen atoms in total. The summed E-state index contributed by atoms with van der Waals surface area (Å²) in [6, 6.07) is 11.0. The molecule has 0 spiro atoms. The van der Waals surface area contributed by atoms with Gasteiger partial charge in [-0.25, -0.2) is 14.6 Å². The molecule has 2 aromatic heterocycles. The summed E-state index contributed by atoms with van der Waals surface area (Å²) >= 11 is 0. The molecule has 1 fully saturated rings. The summed E-state index contributed by atoms with van der Waals surface area (Å²) in [5, 5.41) is 8.55. The van der Waals surface area contributed by atoms with E-state index in [0.717, 1.165) is 37.3 Å². The highest BCUT2D eigenvalue weighted by Gasteiger charge is 2.25. The molecule has 1 saturated heterocycles. The second kappa shape index (κ2) is 6.26. The summed E-state index contributed by atoms with van der Waals surface area (Å²) in [7, 11) is 0. The number of nitrogens with zero attached hydrogens (tertiary/aromatic N) is 6. The average Bonchev–Trinajstić information content (AvgIpc) is 3.26. The van der Waals surface area contributed by atoms with Crippen molar-refractivity contribution < 1.29 is 0 Å². The zero-order valence-corrected chi connectivity index (χ0v) is 12.8. The molecule has 0 amide bonds. The molecule has 23 heavy (non-hydrogen) atoms. The molecule has 3 aromatic rings. The molecule has 0 radical (unpaired) electrons. The first-order valence-corrected chi connectivity index (χ1v) is 7.82. The Bertz CT molecular complexity index is 755. The zero-order chi connectivity index (χ0) is 15.5. The highest BCUT2D eigenvalue weighted by atomic mass is 15.4. The molecule has 4 rings (SSSR count).